The Balaban J connectivity index is 1.46. The van der Waals surface area contributed by atoms with Gasteiger partial charge in [-0.2, -0.15) is 0 Å². The molecular weight excluding hydrogens is 584 g/mol. The largest absolute Gasteiger partial charge is 0.481 e. The summed E-state index contributed by atoms with van der Waals surface area (Å²) in [6, 6.07) is 2.64. The lowest BCUT2D eigenvalue weighted by atomic mass is 9.84. The standard InChI is InChI=1S/C29H33F2N5O4S2/c1-16-18(5-6-20(30)24(16)31)19-11-21(25-32-7-10-42-25)33-22(23(19)26(37)40-4)14-34-8-9-36-17(12-34)13-35(28(36)41)15-29(2,3)27(38)39/h5-7,10-11,17,19,33H,8-9,12-15H2,1-4H3,(H,38,39)/t17-,19?/m0/s1. The Kier molecular flexibility index (Phi) is 8.37. The van der Waals surface area contributed by atoms with Gasteiger partial charge in [0.1, 0.15) is 5.01 Å². The molecule has 0 amide bonds. The first-order valence-corrected chi connectivity index (χ1v) is 14.9. The van der Waals surface area contributed by atoms with Crippen LogP contribution in [-0.4, -0.2) is 94.3 Å². The number of nitrogens with one attached hydrogen (secondary N) is 1. The highest BCUT2D eigenvalue weighted by Crippen LogP contribution is 2.38. The molecule has 2 N–H and O–H groups in total. The fourth-order valence-electron chi connectivity index (χ4n) is 5.81. The van der Waals surface area contributed by atoms with Gasteiger partial charge in [0.05, 0.1) is 29.8 Å². The Bertz CT molecular complexity index is 1480. The first kappa shape index (κ1) is 30.1. The molecule has 1 aromatic carbocycles. The van der Waals surface area contributed by atoms with Crippen molar-refractivity contribution in [3.05, 3.63) is 68.8 Å². The number of carboxylic acid groups (broad SMARTS) is 1. The zero-order chi connectivity index (χ0) is 30.3. The number of allylic oxidation sites excluding steroid dienone is 1. The van der Waals surface area contributed by atoms with Crippen molar-refractivity contribution in [3.63, 3.8) is 0 Å². The smallest absolute Gasteiger partial charge is 0.336 e. The second-order valence-electron chi connectivity index (χ2n) is 11.4. The molecule has 224 valence electrons. The van der Waals surface area contributed by atoms with Crippen LogP contribution in [-0.2, 0) is 14.3 Å². The fourth-order valence-corrected chi connectivity index (χ4v) is 6.81. The summed E-state index contributed by atoms with van der Waals surface area (Å²) in [5, 5.41) is 16.2. The van der Waals surface area contributed by atoms with Crippen LogP contribution in [0.4, 0.5) is 8.78 Å². The number of esters is 1. The number of halogens is 2. The van der Waals surface area contributed by atoms with Crippen molar-refractivity contribution in [2.24, 2.45) is 5.41 Å². The summed E-state index contributed by atoms with van der Waals surface area (Å²) in [5.41, 5.74) is 1.22. The number of hydrogen-bond donors (Lipinski definition) is 2. The third-order valence-corrected chi connectivity index (χ3v) is 9.40. The van der Waals surface area contributed by atoms with Crippen molar-refractivity contribution in [3.8, 4) is 0 Å². The molecule has 0 spiro atoms. The number of methoxy groups -OCH3 is 1. The summed E-state index contributed by atoms with van der Waals surface area (Å²) in [7, 11) is 1.30. The maximum atomic E-state index is 14.7. The molecule has 0 radical (unpaired) electrons. The minimum atomic E-state index is -0.954. The van der Waals surface area contributed by atoms with Crippen LogP contribution >= 0.6 is 23.6 Å². The molecule has 0 bridgehead atoms. The number of ether oxygens (including phenoxy) is 1. The van der Waals surface area contributed by atoms with Crippen LogP contribution in [0.1, 0.15) is 35.9 Å². The lowest BCUT2D eigenvalue weighted by molar-refractivity contribution is -0.147. The zero-order valence-corrected chi connectivity index (χ0v) is 25.5. The van der Waals surface area contributed by atoms with Crippen molar-refractivity contribution >= 4 is 46.3 Å². The summed E-state index contributed by atoms with van der Waals surface area (Å²) in [4.78, 5) is 35.7. The van der Waals surface area contributed by atoms with E-state index < -0.39 is 34.9 Å². The monoisotopic (exact) mass is 617 g/mol. The molecule has 2 aromatic rings. The highest BCUT2D eigenvalue weighted by Gasteiger charge is 2.42. The van der Waals surface area contributed by atoms with Gasteiger partial charge in [-0.1, -0.05) is 6.07 Å². The zero-order valence-electron chi connectivity index (χ0n) is 23.8. The van der Waals surface area contributed by atoms with Crippen LogP contribution in [0.3, 0.4) is 0 Å². The second kappa shape index (κ2) is 11.7. The van der Waals surface area contributed by atoms with Crippen LogP contribution in [0.25, 0.3) is 5.70 Å². The Morgan fingerprint density at radius 2 is 2.02 bits per heavy atom. The molecule has 4 heterocycles. The number of hydrogen-bond acceptors (Lipinski definition) is 8. The first-order valence-electron chi connectivity index (χ1n) is 13.6. The number of rotatable bonds is 8. The Morgan fingerprint density at radius 3 is 2.69 bits per heavy atom. The predicted octanol–water partition coefficient (Wildman–Crippen LogP) is 3.58. The van der Waals surface area contributed by atoms with Crippen LogP contribution in [0.2, 0.25) is 0 Å². The highest BCUT2D eigenvalue weighted by molar-refractivity contribution is 7.80. The molecule has 2 atom stereocenters. The highest BCUT2D eigenvalue weighted by atomic mass is 32.1. The van der Waals surface area contributed by atoms with Gasteiger partial charge in [-0.3, -0.25) is 9.69 Å². The van der Waals surface area contributed by atoms with E-state index in [2.05, 4.69) is 20.1 Å². The van der Waals surface area contributed by atoms with E-state index >= 15 is 0 Å². The number of fused-ring (bicyclic) bond motifs is 1. The van der Waals surface area contributed by atoms with Gasteiger partial charge in [-0.25, -0.2) is 18.6 Å². The molecule has 2 fully saturated rings. The molecule has 9 nitrogen and oxygen atoms in total. The molecule has 42 heavy (non-hydrogen) atoms. The van der Waals surface area contributed by atoms with Gasteiger partial charge in [0.25, 0.3) is 0 Å². The summed E-state index contributed by atoms with van der Waals surface area (Å²) in [6.45, 7) is 8.09. The number of nitrogens with zero attached hydrogens (tertiary/aromatic N) is 4. The minimum Gasteiger partial charge on any atom is -0.481 e. The number of carbonyl (C=O) groups excluding carboxylic acids is 1. The van der Waals surface area contributed by atoms with E-state index in [1.807, 2.05) is 16.4 Å². The molecule has 3 aliphatic heterocycles. The molecule has 1 aromatic heterocycles. The van der Waals surface area contributed by atoms with Crippen LogP contribution < -0.4 is 5.32 Å². The number of dihydropyridines is 1. The molecule has 0 aliphatic carbocycles. The third kappa shape index (κ3) is 5.64. The molecule has 2 saturated heterocycles. The number of thiocarbonyl (C=S) groups is 1. The van der Waals surface area contributed by atoms with Gasteiger partial charge in [0, 0.05) is 62.5 Å². The summed E-state index contributed by atoms with van der Waals surface area (Å²) in [5.74, 6) is -4.05. The quantitative estimate of drug-likeness (QED) is 0.338. The van der Waals surface area contributed by atoms with Crippen molar-refractivity contribution < 1.29 is 28.2 Å². The fraction of sp³-hybridized carbons (Fsp3) is 0.448. The summed E-state index contributed by atoms with van der Waals surface area (Å²) in [6.07, 6.45) is 3.49. The summed E-state index contributed by atoms with van der Waals surface area (Å²) < 4.78 is 34.0. The molecule has 5 rings (SSSR count). The Hall–Kier alpha value is -3.42. The number of aliphatic carboxylic acids is 1. The van der Waals surface area contributed by atoms with Crippen molar-refractivity contribution in [1.29, 1.82) is 0 Å². The molecule has 13 heteroatoms. The molecular formula is C29H33F2N5O4S2. The number of benzene rings is 1. The van der Waals surface area contributed by atoms with E-state index in [0.29, 0.717) is 71.9 Å². The topological polar surface area (TPSA) is 98.2 Å². The van der Waals surface area contributed by atoms with Crippen molar-refractivity contribution in [1.82, 2.24) is 25.0 Å². The Morgan fingerprint density at radius 1 is 1.26 bits per heavy atom. The average molecular weight is 618 g/mol. The van der Waals surface area contributed by atoms with E-state index in [9.17, 15) is 23.5 Å². The van der Waals surface area contributed by atoms with Gasteiger partial charge < -0.3 is 25.0 Å². The lowest BCUT2D eigenvalue weighted by Crippen LogP contribution is -2.53. The number of carboxylic acids is 1. The normalized spacial score (nSPS) is 21.3. The first-order chi connectivity index (χ1) is 19.9. The minimum absolute atomic E-state index is 0.0554. The van der Waals surface area contributed by atoms with Gasteiger partial charge in [0.2, 0.25) is 0 Å². The summed E-state index contributed by atoms with van der Waals surface area (Å²) >= 11 is 7.13. The number of thiazole rings is 1. The van der Waals surface area contributed by atoms with Gasteiger partial charge in [-0.15, -0.1) is 11.3 Å². The molecule has 1 unspecified atom stereocenters. The lowest BCUT2D eigenvalue weighted by Gasteiger charge is -2.39. The average Bonchev–Trinajstić information content (AvgIpc) is 3.59. The number of aromatic nitrogens is 1. The maximum Gasteiger partial charge on any atom is 0.336 e. The second-order valence-corrected chi connectivity index (χ2v) is 12.7. The van der Waals surface area contributed by atoms with Crippen molar-refractivity contribution in [2.45, 2.75) is 32.7 Å². The van der Waals surface area contributed by atoms with Crippen LogP contribution in [0.15, 0.2) is 41.1 Å². The molecule has 3 aliphatic rings. The predicted molar refractivity (Wildman–Crippen MR) is 159 cm³/mol. The molecule has 0 saturated carbocycles. The SMILES string of the molecule is COC(=O)C1=C(CN2CCN3C(=S)N(CC(C)(C)C(=O)O)C[C@@H]3C2)NC(c2nccs2)=CC1c1ccc(F)c(F)c1C. The van der Waals surface area contributed by atoms with Crippen LogP contribution in [0, 0.1) is 24.0 Å². The Labute approximate surface area is 252 Å². The third-order valence-electron chi connectivity index (χ3n) is 8.10. The van der Waals surface area contributed by atoms with Gasteiger partial charge in [0.15, 0.2) is 16.7 Å². The van der Waals surface area contributed by atoms with Crippen LogP contribution in [0.5, 0.6) is 0 Å². The van der Waals surface area contributed by atoms with E-state index in [0.717, 1.165) is 6.07 Å². The van der Waals surface area contributed by atoms with E-state index in [1.165, 1.54) is 31.4 Å². The van der Waals surface area contributed by atoms with E-state index in [-0.39, 0.29) is 11.6 Å². The van der Waals surface area contributed by atoms with E-state index in [4.69, 9.17) is 17.0 Å². The van der Waals surface area contributed by atoms with Crippen molar-refractivity contribution in [2.75, 3.05) is 46.4 Å². The van der Waals surface area contributed by atoms with E-state index in [1.54, 1.807) is 20.0 Å². The number of piperazine rings is 1. The number of carbonyl (C=O) groups is 2. The van der Waals surface area contributed by atoms with Gasteiger partial charge >= 0.3 is 11.9 Å². The van der Waals surface area contributed by atoms with Gasteiger partial charge in [-0.05, 0) is 56.3 Å². The maximum absolute atomic E-state index is 14.7.